The molecule has 0 amide bonds. The molecule has 0 radical (unpaired) electrons. The van der Waals surface area contributed by atoms with Gasteiger partial charge in [-0.25, -0.2) is 0 Å². The second-order valence-corrected chi connectivity index (χ2v) is 4.07. The monoisotopic (exact) mass is 261 g/mol. The Bertz CT molecular complexity index is 291. The Morgan fingerprint density at radius 3 is 2.82 bits per heavy atom. The van der Waals surface area contributed by atoms with Crippen LogP contribution in [-0.4, -0.2) is 33.5 Å². The van der Waals surface area contributed by atoms with Crippen LogP contribution in [-0.2, 0) is 16.0 Å². The highest BCUT2D eigenvalue weighted by atomic mass is 35.5. The van der Waals surface area contributed by atoms with E-state index in [0.29, 0.717) is 18.4 Å². The van der Waals surface area contributed by atoms with E-state index in [1.807, 2.05) is 6.07 Å². The van der Waals surface area contributed by atoms with Gasteiger partial charge in [0.2, 0.25) is 0 Å². The molecule has 0 bridgehead atoms. The summed E-state index contributed by atoms with van der Waals surface area (Å²) < 4.78 is 15.5. The van der Waals surface area contributed by atoms with Crippen LogP contribution in [0.3, 0.4) is 0 Å². The molecular weight excluding hydrogens is 242 g/mol. The summed E-state index contributed by atoms with van der Waals surface area (Å²) in [5.41, 5.74) is 0. The second-order valence-electron chi connectivity index (χ2n) is 3.69. The number of nitrogens with one attached hydrogen (secondary N) is 1. The number of hydrogen-bond acceptors (Lipinski definition) is 4. The van der Waals surface area contributed by atoms with E-state index in [1.54, 1.807) is 13.2 Å². The quantitative estimate of drug-likeness (QED) is 0.657. The number of rotatable bonds is 10. The third-order valence-electron chi connectivity index (χ3n) is 2.25. The van der Waals surface area contributed by atoms with E-state index in [2.05, 4.69) is 5.32 Å². The normalized spacial score (nSPS) is 10.9. The van der Waals surface area contributed by atoms with Gasteiger partial charge in [-0.1, -0.05) is 0 Å². The van der Waals surface area contributed by atoms with Crippen molar-refractivity contribution < 1.29 is 13.9 Å². The molecule has 0 atom stereocenters. The van der Waals surface area contributed by atoms with E-state index < -0.39 is 0 Å². The molecule has 0 aliphatic rings. The molecule has 0 unspecified atom stereocenters. The summed E-state index contributed by atoms with van der Waals surface area (Å²) in [6.45, 7) is 3.80. The van der Waals surface area contributed by atoms with E-state index in [9.17, 15) is 0 Å². The van der Waals surface area contributed by atoms with Crippen molar-refractivity contribution in [2.75, 3.05) is 33.5 Å². The van der Waals surface area contributed by atoms with E-state index >= 15 is 0 Å². The van der Waals surface area contributed by atoms with Gasteiger partial charge >= 0.3 is 0 Å². The summed E-state index contributed by atoms with van der Waals surface area (Å²) >= 11 is 5.66. The molecule has 1 N–H and O–H groups in total. The molecule has 98 valence electrons. The van der Waals surface area contributed by atoms with E-state index in [4.69, 9.17) is 25.5 Å². The summed E-state index contributed by atoms with van der Waals surface area (Å²) in [5, 5.41) is 3.72. The molecule has 1 rings (SSSR count). The van der Waals surface area contributed by atoms with E-state index in [0.717, 1.165) is 38.3 Å². The van der Waals surface area contributed by atoms with Crippen molar-refractivity contribution in [1.82, 2.24) is 5.32 Å². The summed E-state index contributed by atoms with van der Waals surface area (Å²) in [6.07, 6.45) is 2.14. The molecule has 17 heavy (non-hydrogen) atoms. The maximum atomic E-state index is 5.66. The third kappa shape index (κ3) is 7.39. The largest absolute Gasteiger partial charge is 0.448 e. The fraction of sp³-hybridized carbons (Fsp3) is 0.667. The van der Waals surface area contributed by atoms with Gasteiger partial charge < -0.3 is 19.2 Å². The highest BCUT2D eigenvalue weighted by Gasteiger charge is 1.98. The first-order valence-corrected chi connectivity index (χ1v) is 6.22. The van der Waals surface area contributed by atoms with Crippen molar-refractivity contribution in [3.8, 4) is 0 Å². The van der Waals surface area contributed by atoms with Crippen molar-refractivity contribution in [3.63, 3.8) is 0 Å². The van der Waals surface area contributed by atoms with Gasteiger partial charge in [0.05, 0.1) is 19.8 Å². The van der Waals surface area contributed by atoms with Gasteiger partial charge in [0.15, 0.2) is 5.22 Å². The predicted molar refractivity (Wildman–Crippen MR) is 67.4 cm³/mol. The smallest absolute Gasteiger partial charge is 0.193 e. The number of furan rings is 1. The number of ether oxygens (including phenoxy) is 2. The Balaban J connectivity index is 1.84. The van der Waals surface area contributed by atoms with Crippen molar-refractivity contribution in [1.29, 1.82) is 0 Å². The summed E-state index contributed by atoms with van der Waals surface area (Å²) in [6, 6.07) is 3.63. The van der Waals surface area contributed by atoms with Crippen LogP contribution in [0.5, 0.6) is 0 Å². The standard InChI is InChI=1S/C12H20ClNO3/c1-15-8-9-16-7-3-2-6-14-10-11-4-5-12(13)17-11/h4-5,14H,2-3,6-10H2,1H3. The molecule has 0 spiro atoms. The maximum absolute atomic E-state index is 5.66. The van der Waals surface area contributed by atoms with Crippen molar-refractivity contribution in [2.45, 2.75) is 19.4 Å². The first-order valence-electron chi connectivity index (χ1n) is 5.84. The Morgan fingerprint density at radius 2 is 2.12 bits per heavy atom. The van der Waals surface area contributed by atoms with Crippen LogP contribution < -0.4 is 5.32 Å². The highest BCUT2D eigenvalue weighted by Crippen LogP contribution is 2.12. The van der Waals surface area contributed by atoms with Gasteiger partial charge in [0.25, 0.3) is 0 Å². The van der Waals surface area contributed by atoms with Gasteiger partial charge in [-0.2, -0.15) is 0 Å². The Kier molecular flexibility index (Phi) is 8.09. The van der Waals surface area contributed by atoms with Gasteiger partial charge in [0.1, 0.15) is 5.76 Å². The minimum atomic E-state index is 0.438. The molecule has 1 aromatic rings. The molecule has 1 aromatic heterocycles. The lowest BCUT2D eigenvalue weighted by molar-refractivity contribution is 0.0688. The number of methoxy groups -OCH3 is 1. The SMILES string of the molecule is COCCOCCCCNCc1ccc(Cl)o1. The molecule has 5 heteroatoms. The average Bonchev–Trinajstić information content (AvgIpc) is 2.73. The number of halogens is 1. The molecular formula is C12H20ClNO3. The molecule has 0 aliphatic heterocycles. The van der Waals surface area contributed by atoms with Crippen LogP contribution in [0, 0.1) is 0 Å². The van der Waals surface area contributed by atoms with Crippen LogP contribution in [0.1, 0.15) is 18.6 Å². The highest BCUT2D eigenvalue weighted by molar-refractivity contribution is 6.28. The van der Waals surface area contributed by atoms with Gasteiger partial charge in [-0.05, 0) is 43.1 Å². The molecule has 0 aromatic carbocycles. The number of unbranched alkanes of at least 4 members (excludes halogenated alkanes) is 1. The maximum Gasteiger partial charge on any atom is 0.193 e. The zero-order valence-electron chi connectivity index (χ0n) is 10.2. The van der Waals surface area contributed by atoms with E-state index in [1.165, 1.54) is 0 Å². The van der Waals surface area contributed by atoms with Gasteiger partial charge in [0, 0.05) is 13.7 Å². The van der Waals surface area contributed by atoms with Crippen molar-refractivity contribution in [3.05, 3.63) is 23.1 Å². The molecule has 0 fully saturated rings. The lowest BCUT2D eigenvalue weighted by Crippen LogP contribution is -2.15. The van der Waals surface area contributed by atoms with Gasteiger partial charge in [-0.15, -0.1) is 0 Å². The zero-order chi connectivity index (χ0) is 12.3. The Hall–Kier alpha value is -0.550. The molecule has 0 aliphatic carbocycles. The van der Waals surface area contributed by atoms with Crippen LogP contribution in [0.2, 0.25) is 5.22 Å². The van der Waals surface area contributed by atoms with Crippen LogP contribution >= 0.6 is 11.6 Å². The molecule has 1 heterocycles. The first kappa shape index (κ1) is 14.5. The first-order chi connectivity index (χ1) is 8.33. The van der Waals surface area contributed by atoms with E-state index in [-0.39, 0.29) is 0 Å². The van der Waals surface area contributed by atoms with Gasteiger partial charge in [-0.3, -0.25) is 0 Å². The zero-order valence-corrected chi connectivity index (χ0v) is 11.0. The fourth-order valence-corrected chi connectivity index (χ4v) is 1.52. The molecule has 4 nitrogen and oxygen atoms in total. The molecule has 0 saturated carbocycles. The lowest BCUT2D eigenvalue weighted by Gasteiger charge is -2.04. The fourth-order valence-electron chi connectivity index (χ4n) is 1.36. The topological polar surface area (TPSA) is 43.6 Å². The van der Waals surface area contributed by atoms with Crippen LogP contribution in [0.4, 0.5) is 0 Å². The van der Waals surface area contributed by atoms with Crippen LogP contribution in [0.25, 0.3) is 0 Å². The predicted octanol–water partition coefficient (Wildman–Crippen LogP) is 2.47. The van der Waals surface area contributed by atoms with Crippen molar-refractivity contribution >= 4 is 11.6 Å². The third-order valence-corrected chi connectivity index (χ3v) is 2.46. The second kappa shape index (κ2) is 9.48. The summed E-state index contributed by atoms with van der Waals surface area (Å²) in [7, 11) is 1.67. The minimum absolute atomic E-state index is 0.438. The molecule has 0 saturated heterocycles. The van der Waals surface area contributed by atoms with Crippen LogP contribution in [0.15, 0.2) is 16.5 Å². The Labute approximate surface area is 107 Å². The Morgan fingerprint density at radius 1 is 1.24 bits per heavy atom. The number of hydrogen-bond donors (Lipinski definition) is 1. The summed E-state index contributed by atoms with van der Waals surface area (Å²) in [5.74, 6) is 0.867. The minimum Gasteiger partial charge on any atom is -0.448 e. The summed E-state index contributed by atoms with van der Waals surface area (Å²) in [4.78, 5) is 0. The van der Waals surface area contributed by atoms with Crippen molar-refractivity contribution in [2.24, 2.45) is 0 Å². The lowest BCUT2D eigenvalue weighted by atomic mass is 10.3. The average molecular weight is 262 g/mol.